The highest BCUT2D eigenvalue weighted by Gasteiger charge is 2.32. The number of carbonyl (C=O) groups is 2. The van der Waals surface area contributed by atoms with E-state index in [1.165, 1.54) is 18.4 Å². The molecular weight excluding hydrogens is 430 g/mol. The van der Waals surface area contributed by atoms with Gasteiger partial charge in [0.15, 0.2) is 11.5 Å². The van der Waals surface area contributed by atoms with Crippen LogP contribution in [0.15, 0.2) is 41.0 Å². The van der Waals surface area contributed by atoms with Crippen LogP contribution in [-0.4, -0.2) is 52.7 Å². The third kappa shape index (κ3) is 4.10. The lowest BCUT2D eigenvalue weighted by atomic mass is 9.81. The zero-order valence-electron chi connectivity index (χ0n) is 18.1. The summed E-state index contributed by atoms with van der Waals surface area (Å²) < 4.78 is 32.7. The zero-order chi connectivity index (χ0) is 23.1. The zero-order valence-corrected chi connectivity index (χ0v) is 18.1. The van der Waals surface area contributed by atoms with Crippen LogP contribution in [0.4, 0.5) is 14.7 Å². The summed E-state index contributed by atoms with van der Waals surface area (Å²) in [4.78, 5) is 38.3. The van der Waals surface area contributed by atoms with Gasteiger partial charge in [-0.3, -0.25) is 9.59 Å². The summed E-state index contributed by atoms with van der Waals surface area (Å²) in [7, 11) is 0. The first-order chi connectivity index (χ1) is 15.9. The maximum atomic E-state index is 13.7. The lowest BCUT2D eigenvalue weighted by Gasteiger charge is -2.35. The Hall–Kier alpha value is -3.62. The Kier molecular flexibility index (Phi) is 5.39. The van der Waals surface area contributed by atoms with Crippen LogP contribution in [0.3, 0.4) is 0 Å². The van der Waals surface area contributed by atoms with Crippen LogP contribution in [0.1, 0.15) is 50.2 Å². The van der Waals surface area contributed by atoms with Gasteiger partial charge in [0.25, 0.3) is 5.91 Å². The molecule has 1 amide bonds. The second-order valence-corrected chi connectivity index (χ2v) is 8.42. The minimum Gasteiger partial charge on any atom is -0.459 e. The van der Waals surface area contributed by atoms with Crippen LogP contribution in [0, 0.1) is 18.6 Å². The van der Waals surface area contributed by atoms with Gasteiger partial charge in [-0.25, -0.2) is 18.7 Å². The normalized spacial score (nSPS) is 18.4. The number of halogens is 2. The first-order valence-electron chi connectivity index (χ1n) is 10.8. The van der Waals surface area contributed by atoms with Crippen molar-refractivity contribution in [3.05, 3.63) is 76.5 Å². The van der Waals surface area contributed by atoms with Gasteiger partial charge in [-0.2, -0.15) is 0 Å². The minimum absolute atomic E-state index is 0.121. The molecule has 0 bridgehead atoms. The van der Waals surface area contributed by atoms with Crippen molar-refractivity contribution in [3.8, 4) is 0 Å². The Bertz CT molecular complexity index is 1200. The van der Waals surface area contributed by atoms with Crippen LogP contribution in [0.25, 0.3) is 0 Å². The van der Waals surface area contributed by atoms with Crippen molar-refractivity contribution in [3.63, 3.8) is 0 Å². The van der Waals surface area contributed by atoms with Crippen molar-refractivity contribution in [2.24, 2.45) is 0 Å². The summed E-state index contributed by atoms with van der Waals surface area (Å²) in [6.07, 6.45) is 2.03. The van der Waals surface area contributed by atoms with Gasteiger partial charge in [0.1, 0.15) is 11.6 Å². The van der Waals surface area contributed by atoms with Crippen molar-refractivity contribution >= 4 is 17.6 Å². The number of furan rings is 1. The van der Waals surface area contributed by atoms with Crippen molar-refractivity contribution in [2.75, 3.05) is 31.1 Å². The molecule has 0 N–H and O–H groups in total. The number of aromatic nitrogens is 2. The van der Waals surface area contributed by atoms with Crippen LogP contribution in [0.5, 0.6) is 0 Å². The molecule has 2 aliphatic rings. The molecule has 1 aliphatic heterocycles. The Morgan fingerprint density at radius 2 is 1.79 bits per heavy atom. The Balaban J connectivity index is 1.36. The molecule has 2 aromatic heterocycles. The van der Waals surface area contributed by atoms with Gasteiger partial charge in [-0.05, 0) is 49.1 Å². The molecule has 33 heavy (non-hydrogen) atoms. The van der Waals surface area contributed by atoms with Gasteiger partial charge < -0.3 is 14.2 Å². The first kappa shape index (κ1) is 21.2. The summed E-state index contributed by atoms with van der Waals surface area (Å²) in [6, 6.07) is 6.69. The molecule has 1 aliphatic carbocycles. The Morgan fingerprint density at radius 1 is 1.06 bits per heavy atom. The van der Waals surface area contributed by atoms with Crippen molar-refractivity contribution in [1.29, 1.82) is 0 Å². The van der Waals surface area contributed by atoms with Gasteiger partial charge in [0.05, 0.1) is 23.2 Å². The highest BCUT2D eigenvalue weighted by Crippen LogP contribution is 2.34. The average Bonchev–Trinajstić information content (AvgIpc) is 3.32. The summed E-state index contributed by atoms with van der Waals surface area (Å²) in [5.74, 6) is -1.14. The van der Waals surface area contributed by atoms with Crippen LogP contribution in [-0.2, 0) is 6.42 Å². The number of rotatable bonds is 3. The maximum Gasteiger partial charge on any atom is 0.289 e. The van der Waals surface area contributed by atoms with Gasteiger partial charge >= 0.3 is 0 Å². The largest absolute Gasteiger partial charge is 0.459 e. The fourth-order valence-corrected chi connectivity index (χ4v) is 4.61. The van der Waals surface area contributed by atoms with E-state index in [0.717, 1.165) is 6.07 Å². The molecule has 1 fully saturated rings. The van der Waals surface area contributed by atoms with E-state index in [2.05, 4.69) is 9.97 Å². The maximum absolute atomic E-state index is 13.7. The van der Waals surface area contributed by atoms with E-state index in [9.17, 15) is 18.4 Å². The lowest BCUT2D eigenvalue weighted by Crippen LogP contribution is -2.49. The lowest BCUT2D eigenvalue weighted by molar-refractivity contribution is 0.0713. The van der Waals surface area contributed by atoms with Gasteiger partial charge in [-0.1, -0.05) is 0 Å². The number of piperazine rings is 1. The molecule has 0 saturated carbocycles. The highest BCUT2D eigenvalue weighted by molar-refractivity contribution is 5.99. The van der Waals surface area contributed by atoms with Crippen molar-refractivity contribution in [2.45, 2.75) is 25.7 Å². The van der Waals surface area contributed by atoms with Gasteiger partial charge in [0.2, 0.25) is 5.95 Å². The molecule has 3 heterocycles. The number of Topliss-reactive ketones (excluding diaryl/α,β-unsaturated/α-hetero) is 1. The molecule has 1 saturated heterocycles. The molecule has 5 rings (SSSR count). The monoisotopic (exact) mass is 452 g/mol. The molecule has 170 valence electrons. The number of ketones is 1. The summed E-state index contributed by atoms with van der Waals surface area (Å²) in [5, 5.41) is 0. The topological polar surface area (TPSA) is 79.5 Å². The van der Waals surface area contributed by atoms with E-state index >= 15 is 0 Å². The van der Waals surface area contributed by atoms with Crippen LogP contribution in [0.2, 0.25) is 0 Å². The molecular formula is C24H22F2N4O3. The number of benzene rings is 1. The summed E-state index contributed by atoms with van der Waals surface area (Å²) in [5.41, 5.74) is 2.14. The molecule has 0 radical (unpaired) electrons. The smallest absolute Gasteiger partial charge is 0.289 e. The number of anilines is 1. The van der Waals surface area contributed by atoms with E-state index in [0.29, 0.717) is 66.8 Å². The first-order valence-corrected chi connectivity index (χ1v) is 10.8. The van der Waals surface area contributed by atoms with E-state index in [4.69, 9.17) is 4.42 Å². The van der Waals surface area contributed by atoms with Crippen molar-refractivity contribution in [1.82, 2.24) is 14.9 Å². The van der Waals surface area contributed by atoms with Gasteiger partial charge in [0, 0.05) is 38.7 Å². The minimum atomic E-state index is -0.662. The predicted octanol–water partition coefficient (Wildman–Crippen LogP) is 3.53. The Morgan fingerprint density at radius 3 is 2.45 bits per heavy atom. The second-order valence-electron chi connectivity index (χ2n) is 8.42. The number of aryl methyl sites for hydroxylation is 1. The van der Waals surface area contributed by atoms with Crippen LogP contribution >= 0.6 is 0 Å². The quantitative estimate of drug-likeness (QED) is 0.605. The summed E-state index contributed by atoms with van der Waals surface area (Å²) in [6.45, 7) is 3.83. The Labute approximate surface area is 189 Å². The van der Waals surface area contributed by atoms with E-state index < -0.39 is 11.6 Å². The third-order valence-corrected chi connectivity index (χ3v) is 6.24. The predicted molar refractivity (Wildman–Crippen MR) is 115 cm³/mol. The number of fused-ring (bicyclic) bond motifs is 1. The molecule has 7 nitrogen and oxygen atoms in total. The molecule has 9 heteroatoms. The standard InChI is InChI=1S/C24H22F2N4O3/c1-14-22-19(11-16(12-20(22)31)15-9-17(25)13-18(26)10-15)28-24(27-14)30-6-4-29(5-7-30)23(32)21-3-2-8-33-21/h2-3,8-10,13,16H,4-7,11-12H2,1H3/t16-/m0/s1. The number of carbonyl (C=O) groups excluding carboxylic acids is 2. The van der Waals surface area contributed by atoms with Crippen molar-refractivity contribution < 1.29 is 22.8 Å². The molecule has 3 aromatic rings. The number of hydrogen-bond acceptors (Lipinski definition) is 6. The SMILES string of the molecule is Cc1nc(N2CCN(C(=O)c3ccco3)CC2)nc2c1C(=O)C[C@@H](c1cc(F)cc(F)c1)C2. The summed E-state index contributed by atoms with van der Waals surface area (Å²) >= 11 is 0. The number of nitrogens with zero attached hydrogens (tertiary/aromatic N) is 4. The van der Waals surface area contributed by atoms with E-state index in [-0.39, 0.29) is 24.0 Å². The fourth-order valence-electron chi connectivity index (χ4n) is 4.61. The highest BCUT2D eigenvalue weighted by atomic mass is 19.1. The molecule has 0 spiro atoms. The van der Waals surface area contributed by atoms with E-state index in [1.807, 2.05) is 4.90 Å². The fraction of sp³-hybridized carbons (Fsp3) is 0.333. The van der Waals surface area contributed by atoms with E-state index in [1.54, 1.807) is 24.0 Å². The van der Waals surface area contributed by atoms with Crippen LogP contribution < -0.4 is 4.90 Å². The number of amides is 1. The molecule has 1 aromatic carbocycles. The number of hydrogen-bond donors (Lipinski definition) is 0. The average molecular weight is 452 g/mol. The molecule has 1 atom stereocenters. The third-order valence-electron chi connectivity index (χ3n) is 6.24. The van der Waals surface area contributed by atoms with Gasteiger partial charge in [-0.15, -0.1) is 0 Å². The second kappa shape index (κ2) is 8.38. The molecule has 0 unspecified atom stereocenters.